The Morgan fingerprint density at radius 3 is 2.88 bits per heavy atom. The number of benzene rings is 1. The second kappa shape index (κ2) is 6.09. The van der Waals surface area contributed by atoms with Crippen molar-refractivity contribution in [2.75, 3.05) is 0 Å². The van der Waals surface area contributed by atoms with Crippen LogP contribution in [-0.4, -0.2) is 0 Å². The Labute approximate surface area is 96.2 Å². The summed E-state index contributed by atoms with van der Waals surface area (Å²) in [7, 11) is 0. The summed E-state index contributed by atoms with van der Waals surface area (Å²) in [6, 6.07) is 4.90. The molecule has 0 aliphatic rings. The van der Waals surface area contributed by atoms with Crippen molar-refractivity contribution >= 4 is 0 Å². The van der Waals surface area contributed by atoms with Crippen molar-refractivity contribution in [1.82, 2.24) is 0 Å². The molecule has 16 heavy (non-hydrogen) atoms. The van der Waals surface area contributed by atoms with Crippen molar-refractivity contribution in [2.24, 2.45) is 11.7 Å². The second-order valence-electron chi connectivity index (χ2n) is 3.71. The van der Waals surface area contributed by atoms with Gasteiger partial charge in [-0.25, -0.2) is 4.39 Å². The molecule has 2 heteroatoms. The molecule has 0 heterocycles. The lowest BCUT2D eigenvalue weighted by atomic mass is 10.1. The van der Waals surface area contributed by atoms with Crippen LogP contribution in [0.15, 0.2) is 30.9 Å². The Morgan fingerprint density at radius 1 is 1.56 bits per heavy atom. The van der Waals surface area contributed by atoms with Crippen molar-refractivity contribution in [2.45, 2.75) is 19.9 Å². The number of hydrogen-bond acceptors (Lipinski definition) is 1. The van der Waals surface area contributed by atoms with Crippen molar-refractivity contribution < 1.29 is 4.39 Å². The lowest BCUT2D eigenvalue weighted by Gasteiger charge is -2.00. The van der Waals surface area contributed by atoms with E-state index in [2.05, 4.69) is 18.4 Å². The Balaban J connectivity index is 2.82. The van der Waals surface area contributed by atoms with Gasteiger partial charge in [0.1, 0.15) is 5.82 Å². The summed E-state index contributed by atoms with van der Waals surface area (Å²) in [4.78, 5) is 0. The van der Waals surface area contributed by atoms with Gasteiger partial charge in [-0.2, -0.15) is 0 Å². The normalized spacial score (nSPS) is 11.4. The van der Waals surface area contributed by atoms with E-state index in [9.17, 15) is 4.39 Å². The highest BCUT2D eigenvalue weighted by molar-refractivity contribution is 5.37. The molecule has 84 valence electrons. The van der Waals surface area contributed by atoms with Crippen LogP contribution in [0.3, 0.4) is 0 Å². The van der Waals surface area contributed by atoms with Gasteiger partial charge in [0.15, 0.2) is 0 Å². The first-order valence-electron chi connectivity index (χ1n) is 5.28. The maximum atomic E-state index is 13.4. The minimum absolute atomic E-state index is 0.215. The molecule has 2 N–H and O–H groups in total. The number of allylic oxidation sites excluding steroid dienone is 1. The van der Waals surface area contributed by atoms with Crippen LogP contribution in [0.2, 0.25) is 0 Å². The van der Waals surface area contributed by atoms with Crippen molar-refractivity contribution in [1.29, 1.82) is 0 Å². The Bertz CT molecular complexity index is 426. The third-order valence-corrected chi connectivity index (χ3v) is 2.26. The molecule has 0 bridgehead atoms. The topological polar surface area (TPSA) is 26.0 Å². The number of halogens is 1. The summed E-state index contributed by atoms with van der Waals surface area (Å²) in [5.74, 6) is 5.95. The third kappa shape index (κ3) is 3.52. The van der Waals surface area contributed by atoms with E-state index in [1.165, 1.54) is 6.07 Å². The van der Waals surface area contributed by atoms with E-state index < -0.39 is 0 Å². The number of hydrogen-bond donors (Lipinski definition) is 1. The lowest BCUT2D eigenvalue weighted by Crippen LogP contribution is -1.99. The molecule has 1 nitrogen and oxygen atoms in total. The quantitative estimate of drug-likeness (QED) is 0.611. The van der Waals surface area contributed by atoms with E-state index in [1.54, 1.807) is 12.1 Å². The van der Waals surface area contributed by atoms with E-state index >= 15 is 0 Å². The van der Waals surface area contributed by atoms with Crippen molar-refractivity contribution in [3.63, 3.8) is 0 Å². The zero-order valence-electron chi connectivity index (χ0n) is 9.46. The fourth-order valence-electron chi connectivity index (χ4n) is 1.31. The van der Waals surface area contributed by atoms with Crippen LogP contribution in [-0.2, 0) is 6.54 Å². The molecule has 0 saturated carbocycles. The molecule has 1 unspecified atom stereocenters. The summed E-state index contributed by atoms with van der Waals surface area (Å²) in [6.45, 7) is 5.88. The summed E-state index contributed by atoms with van der Waals surface area (Å²) >= 11 is 0. The fourth-order valence-corrected chi connectivity index (χ4v) is 1.31. The standard InChI is InChI=1S/C14H16FN/c1-3-4-11(2)5-6-12-7-8-13(10-16)14(15)9-12/h3,7-9,11H,1,4,10,16H2,2H3. The van der Waals surface area contributed by atoms with Crippen molar-refractivity contribution in [3.8, 4) is 11.8 Å². The molecule has 0 spiro atoms. The van der Waals surface area contributed by atoms with Gasteiger partial charge in [-0.05, 0) is 18.6 Å². The Morgan fingerprint density at radius 2 is 2.31 bits per heavy atom. The van der Waals surface area contributed by atoms with E-state index in [-0.39, 0.29) is 18.3 Å². The predicted octanol–water partition coefficient (Wildman–Crippen LogP) is 2.85. The summed E-state index contributed by atoms with van der Waals surface area (Å²) in [5, 5.41) is 0. The molecule has 1 aromatic rings. The van der Waals surface area contributed by atoms with Crippen LogP contribution in [0.5, 0.6) is 0 Å². The molecule has 0 amide bonds. The average Bonchev–Trinajstić information content (AvgIpc) is 2.27. The van der Waals surface area contributed by atoms with Gasteiger partial charge in [-0.15, -0.1) is 6.58 Å². The first kappa shape index (κ1) is 12.5. The first-order valence-corrected chi connectivity index (χ1v) is 5.28. The summed E-state index contributed by atoms with van der Waals surface area (Å²) in [5.41, 5.74) is 6.58. The smallest absolute Gasteiger partial charge is 0.128 e. The molecule has 1 aromatic carbocycles. The molecular formula is C14H16FN. The highest BCUT2D eigenvalue weighted by atomic mass is 19.1. The average molecular weight is 217 g/mol. The van der Waals surface area contributed by atoms with E-state index in [0.717, 1.165) is 6.42 Å². The summed E-state index contributed by atoms with van der Waals surface area (Å²) < 4.78 is 13.4. The van der Waals surface area contributed by atoms with Crippen LogP contribution in [0.4, 0.5) is 4.39 Å². The number of nitrogens with two attached hydrogens (primary N) is 1. The zero-order chi connectivity index (χ0) is 12.0. The first-order chi connectivity index (χ1) is 7.67. The van der Waals surface area contributed by atoms with Gasteiger partial charge in [-0.3, -0.25) is 0 Å². The fraction of sp³-hybridized carbons (Fsp3) is 0.286. The van der Waals surface area contributed by atoms with Gasteiger partial charge in [0, 0.05) is 23.6 Å². The lowest BCUT2D eigenvalue weighted by molar-refractivity contribution is 0.610. The van der Waals surface area contributed by atoms with Gasteiger partial charge in [0.05, 0.1) is 0 Å². The Hall–Kier alpha value is -1.59. The molecule has 0 aromatic heterocycles. The molecule has 0 radical (unpaired) electrons. The number of rotatable bonds is 3. The van der Waals surface area contributed by atoms with Crippen LogP contribution >= 0.6 is 0 Å². The minimum Gasteiger partial charge on any atom is -0.326 e. The second-order valence-corrected chi connectivity index (χ2v) is 3.71. The van der Waals surface area contributed by atoms with Crippen LogP contribution in [0.25, 0.3) is 0 Å². The molecule has 0 aliphatic heterocycles. The molecular weight excluding hydrogens is 201 g/mol. The van der Waals surface area contributed by atoms with E-state index in [1.807, 2.05) is 13.0 Å². The highest BCUT2D eigenvalue weighted by Gasteiger charge is 2.00. The van der Waals surface area contributed by atoms with Gasteiger partial charge in [-0.1, -0.05) is 30.9 Å². The molecule has 1 rings (SSSR count). The van der Waals surface area contributed by atoms with Crippen molar-refractivity contribution in [3.05, 3.63) is 47.8 Å². The van der Waals surface area contributed by atoms with Crippen LogP contribution in [0.1, 0.15) is 24.5 Å². The molecule has 0 saturated heterocycles. The maximum absolute atomic E-state index is 13.4. The monoisotopic (exact) mass is 217 g/mol. The zero-order valence-corrected chi connectivity index (χ0v) is 9.46. The largest absolute Gasteiger partial charge is 0.326 e. The van der Waals surface area contributed by atoms with E-state index in [0.29, 0.717) is 11.1 Å². The van der Waals surface area contributed by atoms with Crippen LogP contribution in [0, 0.1) is 23.6 Å². The van der Waals surface area contributed by atoms with Gasteiger partial charge in [0.25, 0.3) is 0 Å². The maximum Gasteiger partial charge on any atom is 0.128 e. The molecule has 0 fully saturated rings. The Kier molecular flexibility index (Phi) is 4.75. The van der Waals surface area contributed by atoms with Gasteiger partial charge >= 0.3 is 0 Å². The predicted molar refractivity (Wildman–Crippen MR) is 65.1 cm³/mol. The van der Waals surface area contributed by atoms with Gasteiger partial charge in [0.2, 0.25) is 0 Å². The summed E-state index contributed by atoms with van der Waals surface area (Å²) in [6.07, 6.45) is 2.67. The molecule has 0 aliphatic carbocycles. The third-order valence-electron chi connectivity index (χ3n) is 2.26. The highest BCUT2D eigenvalue weighted by Crippen LogP contribution is 2.09. The molecule has 1 atom stereocenters. The van der Waals surface area contributed by atoms with Crippen LogP contribution < -0.4 is 5.73 Å². The SMILES string of the molecule is C=CCC(C)C#Cc1ccc(CN)c(F)c1. The van der Waals surface area contributed by atoms with Gasteiger partial charge < -0.3 is 5.73 Å². The van der Waals surface area contributed by atoms with E-state index in [4.69, 9.17) is 5.73 Å². The minimum atomic E-state index is -0.286.